The van der Waals surface area contributed by atoms with Crippen molar-refractivity contribution in [3.05, 3.63) is 10.0 Å². The molecule has 0 bridgehead atoms. The monoisotopic (exact) mass is 284 g/mol. The van der Waals surface area contributed by atoms with Crippen molar-refractivity contribution in [2.24, 2.45) is 5.92 Å². The minimum Gasteiger partial charge on any atom is -0.384 e. The SMILES string of the molecule is COCC1CC(NC(=O)NCCc2nnc(C)s2)C1. The molecule has 1 aliphatic rings. The van der Waals surface area contributed by atoms with E-state index in [2.05, 4.69) is 20.8 Å². The zero-order valence-electron chi connectivity index (χ0n) is 11.3. The fourth-order valence-electron chi connectivity index (χ4n) is 2.18. The van der Waals surface area contributed by atoms with Crippen LogP contribution in [-0.2, 0) is 11.2 Å². The van der Waals surface area contributed by atoms with E-state index in [1.54, 1.807) is 18.4 Å². The largest absolute Gasteiger partial charge is 0.384 e. The number of aryl methyl sites for hydroxylation is 1. The molecular weight excluding hydrogens is 264 g/mol. The fourth-order valence-corrected chi connectivity index (χ4v) is 2.89. The predicted molar refractivity (Wildman–Crippen MR) is 73.3 cm³/mol. The molecule has 0 aliphatic heterocycles. The van der Waals surface area contributed by atoms with Gasteiger partial charge in [0.25, 0.3) is 0 Å². The highest BCUT2D eigenvalue weighted by Gasteiger charge is 2.29. The molecule has 1 saturated carbocycles. The van der Waals surface area contributed by atoms with E-state index >= 15 is 0 Å². The van der Waals surface area contributed by atoms with Gasteiger partial charge in [0.05, 0.1) is 0 Å². The van der Waals surface area contributed by atoms with Crippen molar-refractivity contribution in [1.29, 1.82) is 0 Å². The van der Waals surface area contributed by atoms with Crippen LogP contribution in [0.25, 0.3) is 0 Å². The van der Waals surface area contributed by atoms with Gasteiger partial charge in [0.1, 0.15) is 10.0 Å². The summed E-state index contributed by atoms with van der Waals surface area (Å²) < 4.78 is 5.07. The Morgan fingerprint density at radius 3 is 2.89 bits per heavy atom. The lowest BCUT2D eigenvalue weighted by Crippen LogP contribution is -2.49. The summed E-state index contributed by atoms with van der Waals surface area (Å²) in [4.78, 5) is 11.6. The molecule has 0 radical (unpaired) electrons. The van der Waals surface area contributed by atoms with Gasteiger partial charge in [-0.1, -0.05) is 0 Å². The summed E-state index contributed by atoms with van der Waals surface area (Å²) in [5.74, 6) is 0.597. The number of hydrogen-bond donors (Lipinski definition) is 2. The van der Waals surface area contributed by atoms with E-state index in [9.17, 15) is 4.79 Å². The summed E-state index contributed by atoms with van der Waals surface area (Å²) in [6, 6.07) is 0.200. The molecule has 0 saturated heterocycles. The second-order valence-corrected chi connectivity index (χ2v) is 6.12. The Morgan fingerprint density at radius 2 is 2.26 bits per heavy atom. The van der Waals surface area contributed by atoms with Crippen molar-refractivity contribution in [2.45, 2.75) is 32.2 Å². The van der Waals surface area contributed by atoms with Crippen molar-refractivity contribution < 1.29 is 9.53 Å². The maximum Gasteiger partial charge on any atom is 0.315 e. The summed E-state index contributed by atoms with van der Waals surface area (Å²) in [5, 5.41) is 15.7. The Hall–Kier alpha value is -1.21. The maximum absolute atomic E-state index is 11.6. The van der Waals surface area contributed by atoms with Crippen LogP contribution in [0.5, 0.6) is 0 Å². The lowest BCUT2D eigenvalue weighted by Gasteiger charge is -2.35. The number of ether oxygens (including phenoxy) is 1. The third-order valence-electron chi connectivity index (χ3n) is 3.17. The normalized spacial score (nSPS) is 21.8. The van der Waals surface area contributed by atoms with Crippen molar-refractivity contribution in [3.63, 3.8) is 0 Å². The highest BCUT2D eigenvalue weighted by atomic mass is 32.1. The number of nitrogens with one attached hydrogen (secondary N) is 2. The van der Waals surface area contributed by atoms with Crippen molar-refractivity contribution >= 4 is 17.4 Å². The molecule has 1 heterocycles. The van der Waals surface area contributed by atoms with Crippen LogP contribution in [0.1, 0.15) is 22.9 Å². The number of aromatic nitrogens is 2. The summed E-state index contributed by atoms with van der Waals surface area (Å²) in [6.07, 6.45) is 2.75. The lowest BCUT2D eigenvalue weighted by molar-refractivity contribution is 0.0909. The second kappa shape index (κ2) is 6.81. The molecule has 1 fully saturated rings. The quantitative estimate of drug-likeness (QED) is 0.820. The third kappa shape index (κ3) is 4.43. The van der Waals surface area contributed by atoms with E-state index in [0.29, 0.717) is 18.5 Å². The van der Waals surface area contributed by atoms with Gasteiger partial charge in [-0.3, -0.25) is 0 Å². The van der Waals surface area contributed by atoms with Crippen molar-refractivity contribution in [2.75, 3.05) is 20.3 Å². The molecule has 7 heteroatoms. The highest BCUT2D eigenvalue weighted by molar-refractivity contribution is 7.11. The standard InChI is InChI=1S/C12H20N4O2S/c1-8-15-16-11(19-8)3-4-13-12(17)14-10-5-9(6-10)7-18-2/h9-10H,3-7H2,1-2H3,(H2,13,14,17). The van der Waals surface area contributed by atoms with Gasteiger partial charge in [-0.25, -0.2) is 4.79 Å². The zero-order chi connectivity index (χ0) is 13.7. The molecule has 6 nitrogen and oxygen atoms in total. The molecule has 0 aromatic carbocycles. The summed E-state index contributed by atoms with van der Waals surface area (Å²) >= 11 is 1.57. The number of methoxy groups -OCH3 is 1. The number of carbonyl (C=O) groups is 1. The Labute approximate surface area is 116 Å². The maximum atomic E-state index is 11.6. The Bertz CT molecular complexity index is 418. The van der Waals surface area contributed by atoms with Gasteiger partial charge in [-0.2, -0.15) is 0 Å². The average molecular weight is 284 g/mol. The Balaban J connectivity index is 1.56. The van der Waals surface area contributed by atoms with Gasteiger partial charge >= 0.3 is 6.03 Å². The number of urea groups is 1. The summed E-state index contributed by atoms with van der Waals surface area (Å²) in [5.41, 5.74) is 0. The second-order valence-electron chi connectivity index (χ2n) is 4.85. The molecule has 1 aliphatic carbocycles. The van der Waals surface area contributed by atoms with Crippen LogP contribution in [0.3, 0.4) is 0 Å². The molecule has 0 unspecified atom stereocenters. The summed E-state index contributed by atoms with van der Waals surface area (Å²) in [7, 11) is 1.71. The first kappa shape index (κ1) is 14.2. The molecule has 2 N–H and O–H groups in total. The molecule has 1 aromatic rings. The van der Waals surface area contributed by atoms with E-state index < -0.39 is 0 Å². The first-order valence-corrected chi connectivity index (χ1v) is 7.31. The van der Waals surface area contributed by atoms with E-state index in [4.69, 9.17) is 4.74 Å². The molecule has 0 spiro atoms. The number of nitrogens with zero attached hydrogens (tertiary/aromatic N) is 2. The van der Waals surface area contributed by atoms with Crippen molar-refractivity contribution in [3.8, 4) is 0 Å². The third-order valence-corrected chi connectivity index (χ3v) is 4.06. The van der Waals surface area contributed by atoms with Crippen LogP contribution in [0.15, 0.2) is 0 Å². The van der Waals surface area contributed by atoms with Crippen LogP contribution in [0, 0.1) is 12.8 Å². The van der Waals surface area contributed by atoms with E-state index in [1.807, 2.05) is 6.92 Å². The molecule has 0 atom stereocenters. The van der Waals surface area contributed by atoms with Crippen LogP contribution in [0.2, 0.25) is 0 Å². The van der Waals surface area contributed by atoms with Gasteiger partial charge in [0.2, 0.25) is 0 Å². The van der Waals surface area contributed by atoms with Crippen LogP contribution in [0.4, 0.5) is 4.79 Å². The van der Waals surface area contributed by atoms with Gasteiger partial charge in [-0.15, -0.1) is 21.5 Å². The predicted octanol–water partition coefficient (Wildman–Crippen LogP) is 1.11. The molecule has 2 amide bonds. The first-order valence-electron chi connectivity index (χ1n) is 6.49. The van der Waals surface area contributed by atoms with Crippen molar-refractivity contribution in [1.82, 2.24) is 20.8 Å². The molecule has 1 aromatic heterocycles. The average Bonchev–Trinajstić information content (AvgIpc) is 2.72. The fraction of sp³-hybridized carbons (Fsp3) is 0.750. The molecular formula is C12H20N4O2S. The Kier molecular flexibility index (Phi) is 5.09. The van der Waals surface area contributed by atoms with Gasteiger partial charge in [0, 0.05) is 32.7 Å². The zero-order valence-corrected chi connectivity index (χ0v) is 12.1. The van der Waals surface area contributed by atoms with Crippen LogP contribution in [-0.4, -0.2) is 42.5 Å². The molecule has 2 rings (SSSR count). The van der Waals surface area contributed by atoms with Crippen LogP contribution < -0.4 is 10.6 Å². The molecule has 19 heavy (non-hydrogen) atoms. The Morgan fingerprint density at radius 1 is 1.47 bits per heavy atom. The lowest BCUT2D eigenvalue weighted by atomic mass is 9.81. The van der Waals surface area contributed by atoms with E-state index in [0.717, 1.165) is 35.9 Å². The number of hydrogen-bond acceptors (Lipinski definition) is 5. The smallest absolute Gasteiger partial charge is 0.315 e. The van der Waals surface area contributed by atoms with Gasteiger partial charge < -0.3 is 15.4 Å². The molecule has 106 valence electrons. The number of rotatable bonds is 6. The number of carbonyl (C=O) groups excluding carboxylic acids is 1. The highest BCUT2D eigenvalue weighted by Crippen LogP contribution is 2.27. The first-order chi connectivity index (χ1) is 9.17. The summed E-state index contributed by atoms with van der Waals surface area (Å²) in [6.45, 7) is 3.30. The minimum atomic E-state index is -0.0953. The minimum absolute atomic E-state index is 0.0953. The topological polar surface area (TPSA) is 76.1 Å². The van der Waals surface area contributed by atoms with Gasteiger partial charge in [-0.05, 0) is 25.7 Å². The van der Waals surface area contributed by atoms with Gasteiger partial charge in [0.15, 0.2) is 0 Å². The number of amides is 2. The van der Waals surface area contributed by atoms with E-state index in [-0.39, 0.29) is 6.03 Å². The van der Waals surface area contributed by atoms with E-state index in [1.165, 1.54) is 0 Å². The van der Waals surface area contributed by atoms with Crippen LogP contribution >= 0.6 is 11.3 Å².